The molecule has 0 aromatic heterocycles. The van der Waals surface area contributed by atoms with Crippen molar-refractivity contribution in [1.29, 1.82) is 0 Å². The molecular formula is C10H18O2. The maximum atomic E-state index is 10.5. The highest BCUT2D eigenvalue weighted by Crippen LogP contribution is 2.03. The number of carbonyl (C=O) groups is 1. The van der Waals surface area contributed by atoms with Gasteiger partial charge in [-0.1, -0.05) is 32.3 Å². The summed E-state index contributed by atoms with van der Waals surface area (Å²) < 4.78 is 0. The first kappa shape index (κ1) is 11.4. The second-order valence-corrected chi connectivity index (χ2v) is 3.03. The van der Waals surface area contributed by atoms with Gasteiger partial charge in [-0.2, -0.15) is 0 Å². The van der Waals surface area contributed by atoms with Crippen LogP contribution >= 0.6 is 0 Å². The first-order valence-electron chi connectivity index (χ1n) is 4.53. The predicted molar refractivity (Wildman–Crippen MR) is 50.0 cm³/mol. The zero-order valence-corrected chi connectivity index (χ0v) is 7.92. The Hall–Kier alpha value is -0.630. The summed E-state index contributed by atoms with van der Waals surface area (Å²) in [6.45, 7) is 3.60. The monoisotopic (exact) mass is 170 g/mol. The molecule has 0 aromatic rings. The van der Waals surface area contributed by atoms with Gasteiger partial charge in [0.25, 0.3) is 0 Å². The van der Waals surface area contributed by atoms with Crippen LogP contribution in [0.2, 0.25) is 0 Å². The largest absolute Gasteiger partial charge is 0.389 e. The van der Waals surface area contributed by atoms with Crippen molar-refractivity contribution in [2.45, 2.75) is 45.6 Å². The lowest BCUT2D eigenvalue weighted by Crippen LogP contribution is -2.02. The minimum absolute atomic E-state index is 0.00968. The van der Waals surface area contributed by atoms with Crippen molar-refractivity contribution in [3.63, 3.8) is 0 Å². The molecule has 0 aliphatic carbocycles. The lowest BCUT2D eigenvalue weighted by atomic mass is 10.1. The number of ketones is 1. The predicted octanol–water partition coefficient (Wildman–Crippen LogP) is 2.07. The fourth-order valence-corrected chi connectivity index (χ4v) is 0.946. The van der Waals surface area contributed by atoms with Gasteiger partial charge in [-0.05, 0) is 19.4 Å². The molecule has 12 heavy (non-hydrogen) atoms. The maximum Gasteiger partial charge on any atom is 0.152 e. The lowest BCUT2D eigenvalue weighted by molar-refractivity contribution is -0.112. The van der Waals surface area contributed by atoms with Crippen LogP contribution in [0.5, 0.6) is 0 Å². The van der Waals surface area contributed by atoms with Gasteiger partial charge in [-0.25, -0.2) is 0 Å². The summed E-state index contributed by atoms with van der Waals surface area (Å²) in [4.78, 5) is 10.5. The molecule has 1 N–H and O–H groups in total. The Kier molecular flexibility index (Phi) is 6.67. The highest BCUT2D eigenvalue weighted by atomic mass is 16.3. The molecule has 0 amide bonds. The van der Waals surface area contributed by atoms with Gasteiger partial charge >= 0.3 is 0 Å². The average Bonchev–Trinajstić information content (AvgIpc) is 2.01. The number of allylic oxidation sites excluding steroid dienone is 1. The Labute approximate surface area is 74.3 Å². The van der Waals surface area contributed by atoms with Crippen LogP contribution in [0, 0.1) is 0 Å². The topological polar surface area (TPSA) is 37.3 Å². The third-order valence-electron chi connectivity index (χ3n) is 1.66. The van der Waals surface area contributed by atoms with Gasteiger partial charge in [0, 0.05) is 0 Å². The van der Waals surface area contributed by atoms with Crippen molar-refractivity contribution in [3.8, 4) is 0 Å². The Morgan fingerprint density at radius 1 is 1.50 bits per heavy atom. The number of rotatable bonds is 6. The molecule has 2 nitrogen and oxygen atoms in total. The van der Waals surface area contributed by atoms with Gasteiger partial charge in [0.2, 0.25) is 0 Å². The highest BCUT2D eigenvalue weighted by Gasteiger charge is 1.97. The molecule has 0 aliphatic rings. The highest BCUT2D eigenvalue weighted by molar-refractivity contribution is 5.87. The zero-order valence-electron chi connectivity index (χ0n) is 7.92. The SMILES string of the molecule is CCCCCC(O)/C=C/C(C)=O. The van der Waals surface area contributed by atoms with Gasteiger partial charge in [0.1, 0.15) is 0 Å². The second kappa shape index (κ2) is 7.04. The first-order chi connectivity index (χ1) is 5.66. The van der Waals surface area contributed by atoms with E-state index in [0.717, 1.165) is 25.7 Å². The van der Waals surface area contributed by atoms with Crippen molar-refractivity contribution in [2.24, 2.45) is 0 Å². The van der Waals surface area contributed by atoms with Gasteiger partial charge in [0.05, 0.1) is 6.10 Å². The maximum absolute atomic E-state index is 10.5. The van der Waals surface area contributed by atoms with Crippen LogP contribution in [0.1, 0.15) is 39.5 Å². The molecule has 0 rings (SSSR count). The molecule has 2 heteroatoms. The van der Waals surface area contributed by atoms with E-state index < -0.39 is 6.10 Å². The smallest absolute Gasteiger partial charge is 0.152 e. The van der Waals surface area contributed by atoms with E-state index in [1.807, 2.05) is 0 Å². The molecule has 1 atom stereocenters. The van der Waals surface area contributed by atoms with Crippen LogP contribution in [0.3, 0.4) is 0 Å². The van der Waals surface area contributed by atoms with Gasteiger partial charge in [0.15, 0.2) is 5.78 Å². The van der Waals surface area contributed by atoms with Crippen LogP contribution in [0.4, 0.5) is 0 Å². The van der Waals surface area contributed by atoms with Crippen molar-refractivity contribution >= 4 is 5.78 Å². The quantitative estimate of drug-likeness (QED) is 0.489. The molecule has 0 bridgehead atoms. The molecule has 0 saturated heterocycles. The normalized spacial score (nSPS) is 13.6. The fraction of sp³-hybridized carbons (Fsp3) is 0.700. The van der Waals surface area contributed by atoms with E-state index >= 15 is 0 Å². The summed E-state index contributed by atoms with van der Waals surface area (Å²) in [5.74, 6) is -0.00968. The number of hydrogen-bond donors (Lipinski definition) is 1. The molecule has 0 saturated carbocycles. The van der Waals surface area contributed by atoms with E-state index in [1.165, 1.54) is 13.0 Å². The van der Waals surface area contributed by atoms with Crippen LogP contribution in [0.15, 0.2) is 12.2 Å². The van der Waals surface area contributed by atoms with Crippen LogP contribution in [0.25, 0.3) is 0 Å². The van der Waals surface area contributed by atoms with Crippen LogP contribution < -0.4 is 0 Å². The number of aliphatic hydroxyl groups excluding tert-OH is 1. The summed E-state index contributed by atoms with van der Waals surface area (Å²) in [5, 5.41) is 9.29. The van der Waals surface area contributed by atoms with Gasteiger partial charge < -0.3 is 5.11 Å². The standard InChI is InChI=1S/C10H18O2/c1-3-4-5-6-10(12)8-7-9(2)11/h7-8,10,12H,3-6H2,1-2H3/b8-7+. The third kappa shape index (κ3) is 7.48. The number of aliphatic hydroxyl groups is 1. The van der Waals surface area contributed by atoms with E-state index in [1.54, 1.807) is 6.08 Å². The summed E-state index contributed by atoms with van der Waals surface area (Å²) in [5.41, 5.74) is 0. The summed E-state index contributed by atoms with van der Waals surface area (Å²) in [7, 11) is 0. The van der Waals surface area contributed by atoms with Crippen molar-refractivity contribution < 1.29 is 9.90 Å². The van der Waals surface area contributed by atoms with Crippen LogP contribution in [-0.4, -0.2) is 17.0 Å². The van der Waals surface area contributed by atoms with E-state index in [-0.39, 0.29) is 5.78 Å². The van der Waals surface area contributed by atoms with Crippen molar-refractivity contribution in [3.05, 3.63) is 12.2 Å². The lowest BCUT2D eigenvalue weighted by Gasteiger charge is -2.02. The molecular weight excluding hydrogens is 152 g/mol. The molecule has 0 fully saturated rings. The van der Waals surface area contributed by atoms with E-state index in [2.05, 4.69) is 6.92 Å². The first-order valence-corrected chi connectivity index (χ1v) is 4.53. The van der Waals surface area contributed by atoms with Crippen LogP contribution in [-0.2, 0) is 4.79 Å². The third-order valence-corrected chi connectivity index (χ3v) is 1.66. The van der Waals surface area contributed by atoms with Crippen molar-refractivity contribution in [1.82, 2.24) is 0 Å². The van der Waals surface area contributed by atoms with Crippen molar-refractivity contribution in [2.75, 3.05) is 0 Å². The molecule has 0 radical (unpaired) electrons. The molecule has 0 aromatic carbocycles. The number of hydrogen-bond acceptors (Lipinski definition) is 2. The Morgan fingerprint density at radius 2 is 2.17 bits per heavy atom. The van der Waals surface area contributed by atoms with E-state index in [9.17, 15) is 9.90 Å². The molecule has 70 valence electrons. The molecule has 0 spiro atoms. The van der Waals surface area contributed by atoms with Gasteiger partial charge in [-0.15, -0.1) is 0 Å². The molecule has 1 unspecified atom stereocenters. The van der Waals surface area contributed by atoms with Gasteiger partial charge in [-0.3, -0.25) is 4.79 Å². The Bertz CT molecular complexity index is 150. The van der Waals surface area contributed by atoms with E-state index in [0.29, 0.717) is 0 Å². The minimum Gasteiger partial charge on any atom is -0.389 e. The summed E-state index contributed by atoms with van der Waals surface area (Å²) >= 11 is 0. The average molecular weight is 170 g/mol. The zero-order chi connectivity index (χ0) is 9.40. The Balaban J connectivity index is 3.45. The van der Waals surface area contributed by atoms with E-state index in [4.69, 9.17) is 0 Å². The summed E-state index contributed by atoms with van der Waals surface area (Å²) in [6, 6.07) is 0. The molecule has 0 aliphatic heterocycles. The minimum atomic E-state index is -0.444. The Morgan fingerprint density at radius 3 is 2.67 bits per heavy atom. The number of unbranched alkanes of at least 4 members (excludes halogenated alkanes) is 2. The second-order valence-electron chi connectivity index (χ2n) is 3.03. The number of carbonyl (C=O) groups excluding carboxylic acids is 1. The summed E-state index contributed by atoms with van der Waals surface area (Å²) in [6.07, 6.45) is 6.64. The fourth-order valence-electron chi connectivity index (χ4n) is 0.946. The molecule has 0 heterocycles.